The lowest BCUT2D eigenvalue weighted by Gasteiger charge is -2.30. The first-order chi connectivity index (χ1) is 7.24. The van der Waals surface area contributed by atoms with Crippen molar-refractivity contribution >= 4 is 10.2 Å². The monoisotopic (exact) mass is 234 g/mol. The van der Waals surface area contributed by atoms with Crippen LogP contribution in [0.5, 0.6) is 0 Å². The first-order valence-corrected chi connectivity index (χ1v) is 7.21. The lowest BCUT2D eigenvalue weighted by atomic mass is 9.88. The zero-order valence-corrected chi connectivity index (χ0v) is 12.7. The van der Waals surface area contributed by atoms with E-state index in [1.54, 1.807) is 14.2 Å². The molecule has 0 heterocycles. The summed E-state index contributed by atoms with van der Waals surface area (Å²) in [6.45, 7) is 5.19. The number of hydrogen-bond donors (Lipinski definition) is 0. The molecule has 15 heavy (non-hydrogen) atoms. The van der Waals surface area contributed by atoms with Crippen LogP contribution in [0.1, 0.15) is 19.8 Å². The standard InChI is InChI=1S/C11H26O3Si/c1-4-11(8-12-2,9-13-3)10-14-6-5-7-15/h4-10H2,1-3,15H3. The van der Waals surface area contributed by atoms with Crippen LogP contribution in [-0.4, -0.2) is 50.9 Å². The summed E-state index contributed by atoms with van der Waals surface area (Å²) >= 11 is 0. The average Bonchev–Trinajstić information content (AvgIpc) is 2.25. The van der Waals surface area contributed by atoms with Crippen LogP contribution in [0.2, 0.25) is 6.04 Å². The third kappa shape index (κ3) is 6.30. The van der Waals surface area contributed by atoms with Crippen LogP contribution in [0.4, 0.5) is 0 Å². The maximum absolute atomic E-state index is 5.70. The maximum atomic E-state index is 5.70. The second kappa shape index (κ2) is 9.33. The van der Waals surface area contributed by atoms with E-state index in [-0.39, 0.29) is 5.41 Å². The molecule has 0 unspecified atom stereocenters. The quantitative estimate of drug-likeness (QED) is 0.415. The summed E-state index contributed by atoms with van der Waals surface area (Å²) < 4.78 is 16.2. The van der Waals surface area contributed by atoms with Gasteiger partial charge in [0.1, 0.15) is 0 Å². The van der Waals surface area contributed by atoms with E-state index in [9.17, 15) is 0 Å². The van der Waals surface area contributed by atoms with Gasteiger partial charge < -0.3 is 14.2 Å². The van der Waals surface area contributed by atoms with Gasteiger partial charge in [-0.3, -0.25) is 0 Å². The summed E-state index contributed by atoms with van der Waals surface area (Å²) in [4.78, 5) is 0. The Labute approximate surface area is 96.9 Å². The van der Waals surface area contributed by atoms with Gasteiger partial charge in [0.2, 0.25) is 0 Å². The Bertz CT molecular complexity index is 136. The van der Waals surface area contributed by atoms with Gasteiger partial charge in [-0.25, -0.2) is 0 Å². The Morgan fingerprint density at radius 1 is 1.07 bits per heavy atom. The number of hydrogen-bond acceptors (Lipinski definition) is 3. The third-order valence-corrected chi connectivity index (χ3v) is 3.41. The molecular weight excluding hydrogens is 208 g/mol. The van der Waals surface area contributed by atoms with Crippen molar-refractivity contribution in [3.8, 4) is 0 Å². The SMILES string of the molecule is CCC(COC)(COC)COCCC[SiH3]. The van der Waals surface area contributed by atoms with Gasteiger partial charge in [-0.2, -0.15) is 0 Å². The molecule has 0 aliphatic heterocycles. The van der Waals surface area contributed by atoms with Crippen LogP contribution < -0.4 is 0 Å². The number of rotatable bonds is 10. The van der Waals surface area contributed by atoms with E-state index in [4.69, 9.17) is 14.2 Å². The molecular formula is C11H26O3Si. The minimum atomic E-state index is 0.0364. The zero-order chi connectivity index (χ0) is 11.6. The highest BCUT2D eigenvalue weighted by Crippen LogP contribution is 2.23. The lowest BCUT2D eigenvalue weighted by Crippen LogP contribution is -2.36. The number of ether oxygens (including phenoxy) is 3. The minimum absolute atomic E-state index is 0.0364. The molecule has 0 aromatic rings. The second-order valence-corrected chi connectivity index (χ2v) is 5.13. The van der Waals surface area contributed by atoms with Gasteiger partial charge in [0.25, 0.3) is 0 Å². The third-order valence-electron chi connectivity index (χ3n) is 2.70. The van der Waals surface area contributed by atoms with Crippen molar-refractivity contribution < 1.29 is 14.2 Å². The van der Waals surface area contributed by atoms with Crippen molar-refractivity contribution in [2.45, 2.75) is 25.8 Å². The Hall–Kier alpha value is 0.0969. The highest BCUT2D eigenvalue weighted by molar-refractivity contribution is 6.08. The molecule has 0 saturated heterocycles. The van der Waals surface area contributed by atoms with E-state index in [0.717, 1.165) is 19.6 Å². The van der Waals surface area contributed by atoms with Gasteiger partial charge >= 0.3 is 0 Å². The highest BCUT2D eigenvalue weighted by Gasteiger charge is 2.28. The first-order valence-electron chi connectivity index (χ1n) is 5.80. The topological polar surface area (TPSA) is 27.7 Å². The summed E-state index contributed by atoms with van der Waals surface area (Å²) in [6, 6.07) is 1.31. The molecule has 0 aromatic carbocycles. The molecule has 0 aromatic heterocycles. The predicted octanol–water partition coefficient (Wildman–Crippen LogP) is 0.866. The fraction of sp³-hybridized carbons (Fsp3) is 1.00. The first kappa shape index (κ1) is 15.1. The largest absolute Gasteiger partial charge is 0.384 e. The molecule has 3 nitrogen and oxygen atoms in total. The maximum Gasteiger partial charge on any atom is 0.0566 e. The summed E-state index contributed by atoms with van der Waals surface area (Å²) in [5, 5.41) is 0. The molecule has 0 N–H and O–H groups in total. The fourth-order valence-electron chi connectivity index (χ4n) is 1.58. The van der Waals surface area contributed by atoms with E-state index in [2.05, 4.69) is 6.92 Å². The average molecular weight is 234 g/mol. The smallest absolute Gasteiger partial charge is 0.0566 e. The number of methoxy groups -OCH3 is 2. The van der Waals surface area contributed by atoms with Crippen LogP contribution >= 0.6 is 0 Å². The van der Waals surface area contributed by atoms with Crippen molar-refractivity contribution in [2.75, 3.05) is 40.6 Å². The summed E-state index contributed by atoms with van der Waals surface area (Å²) in [5.41, 5.74) is 0.0364. The van der Waals surface area contributed by atoms with Crippen LogP contribution in [0.15, 0.2) is 0 Å². The summed E-state index contributed by atoms with van der Waals surface area (Å²) in [6.07, 6.45) is 2.21. The Morgan fingerprint density at radius 3 is 2.07 bits per heavy atom. The molecule has 0 radical (unpaired) electrons. The molecule has 0 saturated carbocycles. The lowest BCUT2D eigenvalue weighted by molar-refractivity contribution is -0.0520. The van der Waals surface area contributed by atoms with E-state index >= 15 is 0 Å². The van der Waals surface area contributed by atoms with E-state index in [1.807, 2.05) is 0 Å². The van der Waals surface area contributed by atoms with Gasteiger partial charge in [-0.05, 0) is 12.8 Å². The molecule has 0 spiro atoms. The summed E-state index contributed by atoms with van der Waals surface area (Å²) in [7, 11) is 4.74. The van der Waals surface area contributed by atoms with Crippen molar-refractivity contribution in [1.29, 1.82) is 0 Å². The minimum Gasteiger partial charge on any atom is -0.384 e. The van der Waals surface area contributed by atoms with Gasteiger partial charge in [0.05, 0.1) is 19.8 Å². The van der Waals surface area contributed by atoms with Gasteiger partial charge in [-0.15, -0.1) is 0 Å². The van der Waals surface area contributed by atoms with Crippen molar-refractivity contribution in [3.05, 3.63) is 0 Å². The molecule has 0 bridgehead atoms. The van der Waals surface area contributed by atoms with Crippen molar-refractivity contribution in [1.82, 2.24) is 0 Å². The van der Waals surface area contributed by atoms with E-state index < -0.39 is 0 Å². The van der Waals surface area contributed by atoms with E-state index in [1.165, 1.54) is 22.7 Å². The molecule has 4 heteroatoms. The molecule has 0 fully saturated rings. The zero-order valence-electron chi connectivity index (χ0n) is 10.7. The molecule has 92 valence electrons. The molecule has 0 atom stereocenters. The van der Waals surface area contributed by atoms with E-state index in [0.29, 0.717) is 13.2 Å². The molecule has 0 aliphatic carbocycles. The van der Waals surface area contributed by atoms with Gasteiger partial charge in [0.15, 0.2) is 0 Å². The molecule has 0 amide bonds. The molecule has 0 rings (SSSR count). The van der Waals surface area contributed by atoms with Crippen LogP contribution in [0.25, 0.3) is 0 Å². The van der Waals surface area contributed by atoms with Crippen molar-refractivity contribution in [3.63, 3.8) is 0 Å². The Kier molecular flexibility index (Phi) is 9.39. The van der Waals surface area contributed by atoms with Crippen LogP contribution in [0.3, 0.4) is 0 Å². The normalized spacial score (nSPS) is 12.2. The van der Waals surface area contributed by atoms with Crippen molar-refractivity contribution in [2.24, 2.45) is 5.41 Å². The van der Waals surface area contributed by atoms with Gasteiger partial charge in [-0.1, -0.05) is 13.0 Å². The van der Waals surface area contributed by atoms with Crippen LogP contribution in [-0.2, 0) is 14.2 Å². The second-order valence-electron chi connectivity index (χ2n) is 4.13. The predicted molar refractivity (Wildman–Crippen MR) is 66.7 cm³/mol. The van der Waals surface area contributed by atoms with Gasteiger partial charge in [0, 0.05) is 36.5 Å². The van der Waals surface area contributed by atoms with Crippen LogP contribution in [0, 0.1) is 5.41 Å². The Balaban J connectivity index is 3.96. The Morgan fingerprint density at radius 2 is 1.67 bits per heavy atom. The fourth-order valence-corrected chi connectivity index (χ4v) is 1.87. The molecule has 0 aliphatic rings. The summed E-state index contributed by atoms with van der Waals surface area (Å²) in [5.74, 6) is 0. The highest BCUT2D eigenvalue weighted by atomic mass is 28.1.